The number of rotatable bonds is 4. The van der Waals surface area contributed by atoms with Crippen molar-refractivity contribution in [3.63, 3.8) is 0 Å². The number of carbonyl (C=O) groups is 1. The molecule has 2 aromatic rings. The average molecular weight is 298 g/mol. The van der Waals surface area contributed by atoms with E-state index in [1.807, 2.05) is 12.1 Å². The Morgan fingerprint density at radius 1 is 1.14 bits per heavy atom. The Bertz CT molecular complexity index is 610. The van der Waals surface area contributed by atoms with Gasteiger partial charge in [0.1, 0.15) is 6.33 Å². The first-order valence-corrected chi connectivity index (χ1v) is 7.28. The number of aromatic nitrogens is 2. The first-order valence-electron chi connectivity index (χ1n) is 7.28. The Labute approximate surface area is 129 Å². The number of carbonyl (C=O) groups excluding carboxylic acids is 1. The zero-order valence-electron chi connectivity index (χ0n) is 12.2. The molecule has 0 spiro atoms. The second kappa shape index (κ2) is 7.00. The van der Waals surface area contributed by atoms with E-state index in [4.69, 9.17) is 4.74 Å². The fourth-order valence-corrected chi connectivity index (χ4v) is 2.35. The van der Waals surface area contributed by atoms with Crippen LogP contribution in [0.4, 0.5) is 5.69 Å². The molecule has 0 bridgehead atoms. The summed E-state index contributed by atoms with van der Waals surface area (Å²) in [6.45, 7) is 3.87. The topological polar surface area (TPSA) is 67.4 Å². The summed E-state index contributed by atoms with van der Waals surface area (Å²) in [7, 11) is 0. The quantitative estimate of drug-likeness (QED) is 0.920. The van der Waals surface area contributed by atoms with E-state index < -0.39 is 0 Å². The Kier molecular flexibility index (Phi) is 4.60. The number of nitrogens with zero attached hydrogens (tertiary/aromatic N) is 3. The zero-order chi connectivity index (χ0) is 15.2. The van der Waals surface area contributed by atoms with E-state index in [1.165, 1.54) is 24.4 Å². The normalized spacial score (nSPS) is 14.6. The third kappa shape index (κ3) is 3.59. The molecule has 0 aliphatic carbocycles. The smallest absolute Gasteiger partial charge is 0.254 e. The minimum absolute atomic E-state index is 0.169. The molecule has 1 aromatic carbocycles. The molecule has 0 atom stereocenters. The van der Waals surface area contributed by atoms with Gasteiger partial charge in [0.05, 0.1) is 18.8 Å². The van der Waals surface area contributed by atoms with Gasteiger partial charge in [-0.15, -0.1) is 0 Å². The van der Waals surface area contributed by atoms with Gasteiger partial charge in [-0.25, -0.2) is 9.97 Å². The summed E-state index contributed by atoms with van der Waals surface area (Å²) in [5.41, 5.74) is 2.71. The summed E-state index contributed by atoms with van der Waals surface area (Å²) >= 11 is 0. The molecule has 1 aliphatic rings. The molecule has 1 amide bonds. The lowest BCUT2D eigenvalue weighted by molar-refractivity contribution is 0.0950. The summed E-state index contributed by atoms with van der Waals surface area (Å²) in [5, 5.41) is 2.86. The van der Waals surface area contributed by atoms with Crippen LogP contribution in [0.15, 0.2) is 43.0 Å². The summed E-state index contributed by atoms with van der Waals surface area (Å²) in [4.78, 5) is 21.9. The minimum Gasteiger partial charge on any atom is -0.378 e. The molecule has 114 valence electrons. The SMILES string of the molecule is O=C(NCc1ccc(N2CCOCC2)cc1)c1cncnc1. The molecule has 6 heteroatoms. The van der Waals surface area contributed by atoms with Crippen molar-refractivity contribution in [2.24, 2.45) is 0 Å². The lowest BCUT2D eigenvalue weighted by atomic mass is 10.2. The van der Waals surface area contributed by atoms with Crippen LogP contribution in [0.3, 0.4) is 0 Å². The fourth-order valence-electron chi connectivity index (χ4n) is 2.35. The zero-order valence-corrected chi connectivity index (χ0v) is 12.2. The van der Waals surface area contributed by atoms with E-state index in [9.17, 15) is 4.79 Å². The molecule has 1 fully saturated rings. The number of nitrogens with one attached hydrogen (secondary N) is 1. The third-order valence-electron chi connectivity index (χ3n) is 3.59. The summed E-state index contributed by atoms with van der Waals surface area (Å²) in [5.74, 6) is -0.169. The van der Waals surface area contributed by atoms with Gasteiger partial charge in [-0.05, 0) is 17.7 Å². The minimum atomic E-state index is -0.169. The van der Waals surface area contributed by atoms with Crippen molar-refractivity contribution in [1.82, 2.24) is 15.3 Å². The van der Waals surface area contributed by atoms with E-state index in [1.54, 1.807) is 0 Å². The predicted molar refractivity (Wildman–Crippen MR) is 82.7 cm³/mol. The Morgan fingerprint density at radius 3 is 2.50 bits per heavy atom. The van der Waals surface area contributed by atoms with Crippen LogP contribution in [0.25, 0.3) is 0 Å². The van der Waals surface area contributed by atoms with Gasteiger partial charge in [0.15, 0.2) is 0 Å². The number of benzene rings is 1. The first kappa shape index (κ1) is 14.5. The van der Waals surface area contributed by atoms with Gasteiger partial charge >= 0.3 is 0 Å². The lowest BCUT2D eigenvalue weighted by Gasteiger charge is -2.28. The monoisotopic (exact) mass is 298 g/mol. The number of morpholine rings is 1. The van der Waals surface area contributed by atoms with Gasteiger partial charge < -0.3 is 15.0 Å². The van der Waals surface area contributed by atoms with E-state index in [2.05, 4.69) is 32.3 Å². The molecule has 6 nitrogen and oxygen atoms in total. The summed E-state index contributed by atoms with van der Waals surface area (Å²) in [6.07, 6.45) is 4.41. The molecule has 22 heavy (non-hydrogen) atoms. The molecule has 0 unspecified atom stereocenters. The molecule has 1 aliphatic heterocycles. The van der Waals surface area contributed by atoms with Crippen molar-refractivity contribution < 1.29 is 9.53 Å². The average Bonchev–Trinajstić information content (AvgIpc) is 2.61. The van der Waals surface area contributed by atoms with Crippen LogP contribution in [0.1, 0.15) is 15.9 Å². The van der Waals surface area contributed by atoms with Crippen LogP contribution in [0.5, 0.6) is 0 Å². The van der Waals surface area contributed by atoms with Gasteiger partial charge in [-0.3, -0.25) is 4.79 Å². The van der Waals surface area contributed by atoms with Crippen molar-refractivity contribution in [1.29, 1.82) is 0 Å². The van der Waals surface area contributed by atoms with Crippen molar-refractivity contribution >= 4 is 11.6 Å². The molecule has 0 radical (unpaired) electrons. The van der Waals surface area contributed by atoms with Crippen LogP contribution in [-0.2, 0) is 11.3 Å². The summed E-state index contributed by atoms with van der Waals surface area (Å²) in [6, 6.07) is 8.23. The highest BCUT2D eigenvalue weighted by molar-refractivity contribution is 5.93. The number of anilines is 1. The molecule has 3 rings (SSSR count). The van der Waals surface area contributed by atoms with E-state index in [0.717, 1.165) is 31.9 Å². The lowest BCUT2D eigenvalue weighted by Crippen LogP contribution is -2.36. The summed E-state index contributed by atoms with van der Waals surface area (Å²) < 4.78 is 5.35. The highest BCUT2D eigenvalue weighted by Crippen LogP contribution is 2.16. The maximum Gasteiger partial charge on any atom is 0.254 e. The molecule has 1 N–H and O–H groups in total. The molecule has 2 heterocycles. The van der Waals surface area contributed by atoms with Gasteiger partial charge in [0.25, 0.3) is 5.91 Å². The van der Waals surface area contributed by atoms with Gasteiger partial charge in [0, 0.05) is 37.7 Å². The van der Waals surface area contributed by atoms with E-state index in [0.29, 0.717) is 12.1 Å². The van der Waals surface area contributed by atoms with Gasteiger partial charge in [0.2, 0.25) is 0 Å². The molecular formula is C16H18N4O2. The second-order valence-corrected chi connectivity index (χ2v) is 5.08. The van der Waals surface area contributed by atoms with E-state index in [-0.39, 0.29) is 5.91 Å². The fraction of sp³-hybridized carbons (Fsp3) is 0.312. The third-order valence-corrected chi connectivity index (χ3v) is 3.59. The number of hydrogen-bond acceptors (Lipinski definition) is 5. The van der Waals surface area contributed by atoms with Crippen LogP contribution in [-0.4, -0.2) is 42.2 Å². The first-order chi connectivity index (χ1) is 10.8. The van der Waals surface area contributed by atoms with E-state index >= 15 is 0 Å². The number of amides is 1. The maximum absolute atomic E-state index is 11.9. The molecular weight excluding hydrogens is 280 g/mol. The van der Waals surface area contributed by atoms with Crippen molar-refractivity contribution in [2.75, 3.05) is 31.2 Å². The van der Waals surface area contributed by atoms with Crippen LogP contribution < -0.4 is 10.2 Å². The Balaban J connectivity index is 1.56. The van der Waals surface area contributed by atoms with Crippen molar-refractivity contribution in [3.05, 3.63) is 54.1 Å². The Morgan fingerprint density at radius 2 is 1.82 bits per heavy atom. The number of ether oxygens (including phenoxy) is 1. The van der Waals surface area contributed by atoms with Gasteiger partial charge in [-0.1, -0.05) is 12.1 Å². The molecule has 1 saturated heterocycles. The van der Waals surface area contributed by atoms with Crippen LogP contribution >= 0.6 is 0 Å². The highest BCUT2D eigenvalue weighted by atomic mass is 16.5. The van der Waals surface area contributed by atoms with Crippen LogP contribution in [0.2, 0.25) is 0 Å². The highest BCUT2D eigenvalue weighted by Gasteiger charge is 2.11. The van der Waals surface area contributed by atoms with Crippen molar-refractivity contribution in [2.45, 2.75) is 6.54 Å². The van der Waals surface area contributed by atoms with Crippen LogP contribution in [0, 0.1) is 0 Å². The van der Waals surface area contributed by atoms with Crippen molar-refractivity contribution in [3.8, 4) is 0 Å². The predicted octanol–water partition coefficient (Wildman–Crippen LogP) is 1.24. The number of hydrogen-bond donors (Lipinski definition) is 1. The Hall–Kier alpha value is -2.47. The van der Waals surface area contributed by atoms with Gasteiger partial charge in [-0.2, -0.15) is 0 Å². The largest absolute Gasteiger partial charge is 0.378 e. The maximum atomic E-state index is 11.9. The molecule has 0 saturated carbocycles. The standard InChI is InChI=1S/C16H18N4O2/c21-16(14-10-17-12-18-11-14)19-9-13-1-3-15(4-2-13)20-5-7-22-8-6-20/h1-4,10-12H,5-9H2,(H,19,21). The molecule has 1 aromatic heterocycles. The second-order valence-electron chi connectivity index (χ2n) is 5.08.